The number of imidazole rings is 1. The van der Waals surface area contributed by atoms with Gasteiger partial charge in [0.1, 0.15) is 5.57 Å². The SMILES string of the molecule is CN1C(=O)/C(=C\c2ccc3c(c2)n(C)c(=O)n3C)C(=O)NC1=S. The third-order valence-electron chi connectivity index (χ3n) is 3.91. The molecule has 0 unspecified atom stereocenters. The minimum absolute atomic E-state index is 0.00128. The molecule has 1 aliphatic rings. The van der Waals surface area contributed by atoms with Gasteiger partial charge in [-0.25, -0.2) is 4.79 Å². The van der Waals surface area contributed by atoms with Gasteiger partial charge in [-0.15, -0.1) is 0 Å². The summed E-state index contributed by atoms with van der Waals surface area (Å²) in [5.74, 6) is -0.985. The van der Waals surface area contributed by atoms with E-state index in [1.54, 1.807) is 32.3 Å². The third-order valence-corrected chi connectivity index (χ3v) is 4.29. The lowest BCUT2D eigenvalue weighted by molar-refractivity contribution is -0.128. The molecule has 8 heteroatoms. The first-order valence-electron chi connectivity index (χ1n) is 6.82. The van der Waals surface area contributed by atoms with Gasteiger partial charge >= 0.3 is 5.69 Å². The first-order valence-corrected chi connectivity index (χ1v) is 7.22. The number of rotatable bonds is 1. The Labute approximate surface area is 136 Å². The quantitative estimate of drug-likeness (QED) is 0.458. The molecule has 0 bridgehead atoms. The Balaban J connectivity index is 2.12. The summed E-state index contributed by atoms with van der Waals surface area (Å²) >= 11 is 4.90. The molecule has 1 aromatic carbocycles. The summed E-state index contributed by atoms with van der Waals surface area (Å²) in [6, 6.07) is 5.29. The lowest BCUT2D eigenvalue weighted by Gasteiger charge is -2.25. The van der Waals surface area contributed by atoms with E-state index in [1.807, 2.05) is 0 Å². The summed E-state index contributed by atoms with van der Waals surface area (Å²) in [7, 11) is 4.87. The van der Waals surface area contributed by atoms with Crippen LogP contribution >= 0.6 is 12.2 Å². The highest BCUT2D eigenvalue weighted by Gasteiger charge is 2.30. The van der Waals surface area contributed by atoms with Crippen LogP contribution in [-0.4, -0.2) is 38.0 Å². The Morgan fingerprint density at radius 2 is 1.70 bits per heavy atom. The van der Waals surface area contributed by atoms with Crippen molar-refractivity contribution in [2.45, 2.75) is 0 Å². The van der Waals surface area contributed by atoms with Crippen LogP contribution in [0.3, 0.4) is 0 Å². The Hall–Kier alpha value is -2.74. The minimum Gasteiger partial charge on any atom is -0.298 e. The number of aromatic nitrogens is 2. The van der Waals surface area contributed by atoms with Gasteiger partial charge in [0, 0.05) is 21.1 Å². The molecule has 3 rings (SSSR count). The van der Waals surface area contributed by atoms with Gasteiger partial charge in [-0.2, -0.15) is 0 Å². The Morgan fingerprint density at radius 1 is 1.04 bits per heavy atom. The van der Waals surface area contributed by atoms with Crippen molar-refractivity contribution in [1.82, 2.24) is 19.4 Å². The Kier molecular flexibility index (Phi) is 3.41. The van der Waals surface area contributed by atoms with E-state index in [9.17, 15) is 14.4 Å². The van der Waals surface area contributed by atoms with Gasteiger partial charge in [-0.05, 0) is 36.0 Å². The highest BCUT2D eigenvalue weighted by molar-refractivity contribution is 7.80. The van der Waals surface area contributed by atoms with Gasteiger partial charge < -0.3 is 0 Å². The fourth-order valence-electron chi connectivity index (χ4n) is 2.53. The number of hydrogen-bond acceptors (Lipinski definition) is 4. The molecule has 2 heterocycles. The second-order valence-corrected chi connectivity index (χ2v) is 5.72. The number of carbonyl (C=O) groups is 2. The summed E-state index contributed by atoms with van der Waals surface area (Å²) in [6.45, 7) is 0. The fourth-order valence-corrected chi connectivity index (χ4v) is 2.70. The molecule has 0 radical (unpaired) electrons. The predicted octanol–water partition coefficient (Wildman–Crippen LogP) is 0.133. The van der Waals surface area contributed by atoms with E-state index >= 15 is 0 Å². The maximum Gasteiger partial charge on any atom is 0.328 e. The molecule has 23 heavy (non-hydrogen) atoms. The molecule has 2 amide bonds. The number of amides is 2. The van der Waals surface area contributed by atoms with E-state index < -0.39 is 11.8 Å². The summed E-state index contributed by atoms with van der Waals surface area (Å²) in [6.07, 6.45) is 1.49. The molecule has 1 saturated heterocycles. The van der Waals surface area contributed by atoms with E-state index in [0.29, 0.717) is 5.56 Å². The van der Waals surface area contributed by atoms with Gasteiger partial charge in [0.2, 0.25) is 0 Å². The molecule has 0 aliphatic carbocycles. The highest BCUT2D eigenvalue weighted by Crippen LogP contribution is 2.18. The summed E-state index contributed by atoms with van der Waals surface area (Å²) in [5.41, 5.74) is 2.01. The van der Waals surface area contributed by atoms with Crippen LogP contribution in [-0.2, 0) is 23.7 Å². The average Bonchev–Trinajstić information content (AvgIpc) is 2.74. The number of nitrogens with one attached hydrogen (secondary N) is 1. The maximum absolute atomic E-state index is 12.2. The molecule has 118 valence electrons. The van der Waals surface area contributed by atoms with Crippen LogP contribution in [0.1, 0.15) is 5.56 Å². The van der Waals surface area contributed by atoms with Crippen LogP contribution in [0.15, 0.2) is 28.6 Å². The van der Waals surface area contributed by atoms with Crippen molar-refractivity contribution < 1.29 is 9.59 Å². The van der Waals surface area contributed by atoms with E-state index in [1.165, 1.54) is 27.2 Å². The normalized spacial score (nSPS) is 17.3. The minimum atomic E-state index is -0.528. The van der Waals surface area contributed by atoms with Crippen LogP contribution in [0.2, 0.25) is 0 Å². The van der Waals surface area contributed by atoms with Crippen LogP contribution in [0.4, 0.5) is 0 Å². The fraction of sp³-hybridized carbons (Fsp3) is 0.200. The summed E-state index contributed by atoms with van der Waals surface area (Å²) in [4.78, 5) is 37.3. The number of aryl methyl sites for hydroxylation is 2. The number of nitrogens with zero attached hydrogens (tertiary/aromatic N) is 3. The van der Waals surface area contributed by atoms with Crippen molar-refractivity contribution in [3.8, 4) is 0 Å². The Bertz CT molecular complexity index is 967. The number of likely N-dealkylation sites (N-methyl/N-ethyl adjacent to an activating group) is 1. The second-order valence-electron chi connectivity index (χ2n) is 5.33. The third kappa shape index (κ3) is 2.27. The number of thiocarbonyl (C=S) groups is 1. The molecule has 1 aliphatic heterocycles. The predicted molar refractivity (Wildman–Crippen MR) is 89.6 cm³/mol. The Morgan fingerprint density at radius 3 is 2.39 bits per heavy atom. The molecule has 1 N–H and O–H groups in total. The zero-order valence-corrected chi connectivity index (χ0v) is 13.6. The number of carbonyl (C=O) groups excluding carboxylic acids is 2. The molecule has 0 spiro atoms. The molecule has 1 aromatic heterocycles. The van der Waals surface area contributed by atoms with Crippen molar-refractivity contribution in [3.63, 3.8) is 0 Å². The van der Waals surface area contributed by atoms with E-state index in [0.717, 1.165) is 11.0 Å². The lowest BCUT2D eigenvalue weighted by atomic mass is 10.1. The van der Waals surface area contributed by atoms with Crippen molar-refractivity contribution in [2.24, 2.45) is 14.1 Å². The number of hydrogen-bond donors (Lipinski definition) is 1. The number of benzene rings is 1. The zero-order chi connectivity index (χ0) is 16.9. The van der Waals surface area contributed by atoms with Crippen LogP contribution in [0.5, 0.6) is 0 Å². The van der Waals surface area contributed by atoms with Gasteiger partial charge in [0.15, 0.2) is 5.11 Å². The summed E-state index contributed by atoms with van der Waals surface area (Å²) in [5, 5.41) is 2.54. The van der Waals surface area contributed by atoms with E-state index in [4.69, 9.17) is 12.2 Å². The van der Waals surface area contributed by atoms with Gasteiger partial charge in [-0.3, -0.25) is 28.9 Å². The summed E-state index contributed by atoms with van der Waals surface area (Å²) < 4.78 is 3.05. The smallest absolute Gasteiger partial charge is 0.298 e. The van der Waals surface area contributed by atoms with Gasteiger partial charge in [0.05, 0.1) is 11.0 Å². The first-order chi connectivity index (χ1) is 10.8. The van der Waals surface area contributed by atoms with Crippen molar-refractivity contribution in [3.05, 3.63) is 39.8 Å². The van der Waals surface area contributed by atoms with E-state index in [2.05, 4.69) is 5.32 Å². The van der Waals surface area contributed by atoms with Crippen molar-refractivity contribution in [2.75, 3.05) is 7.05 Å². The average molecular weight is 330 g/mol. The van der Waals surface area contributed by atoms with Gasteiger partial charge in [-0.1, -0.05) is 6.07 Å². The molecular weight excluding hydrogens is 316 g/mol. The largest absolute Gasteiger partial charge is 0.328 e. The number of fused-ring (bicyclic) bond motifs is 1. The molecule has 2 aromatic rings. The van der Waals surface area contributed by atoms with Crippen molar-refractivity contribution >= 4 is 46.3 Å². The zero-order valence-electron chi connectivity index (χ0n) is 12.8. The monoisotopic (exact) mass is 330 g/mol. The molecule has 0 atom stereocenters. The van der Waals surface area contributed by atoms with Crippen LogP contribution in [0, 0.1) is 0 Å². The molecule has 0 saturated carbocycles. The van der Waals surface area contributed by atoms with Crippen LogP contribution < -0.4 is 11.0 Å². The molecule has 7 nitrogen and oxygen atoms in total. The highest BCUT2D eigenvalue weighted by atomic mass is 32.1. The first kappa shape index (κ1) is 15.2. The lowest BCUT2D eigenvalue weighted by Crippen LogP contribution is -2.52. The van der Waals surface area contributed by atoms with Crippen molar-refractivity contribution in [1.29, 1.82) is 0 Å². The van der Waals surface area contributed by atoms with E-state index in [-0.39, 0.29) is 16.4 Å². The molecule has 1 fully saturated rings. The standard InChI is InChI=1S/C15H14N4O3S/c1-17-10-5-4-8(7-11(10)18(2)15(17)22)6-9-12(20)16-14(23)19(3)13(9)21/h4-7H,1-3H3,(H,16,20,23)/b9-6-. The topological polar surface area (TPSA) is 76.3 Å². The maximum atomic E-state index is 12.2. The van der Waals surface area contributed by atoms with Gasteiger partial charge in [0.25, 0.3) is 11.8 Å². The molecular formula is C15H14N4O3S. The van der Waals surface area contributed by atoms with Crippen LogP contribution in [0.25, 0.3) is 17.1 Å². The second kappa shape index (κ2) is 5.17.